The van der Waals surface area contributed by atoms with Gasteiger partial charge in [-0.05, 0) is 31.2 Å². The van der Waals surface area contributed by atoms with E-state index in [9.17, 15) is 22.4 Å². The molecule has 3 heterocycles. The smallest absolute Gasteiger partial charge is 0.485 e. The molecule has 160 valence electrons. The van der Waals surface area contributed by atoms with Gasteiger partial charge in [-0.3, -0.25) is 4.79 Å². The van der Waals surface area contributed by atoms with Crippen molar-refractivity contribution in [2.24, 2.45) is 0 Å². The van der Waals surface area contributed by atoms with Gasteiger partial charge in [0.2, 0.25) is 5.82 Å². The normalized spacial score (nSPS) is 16.8. The molecule has 12 heteroatoms. The number of aromatic nitrogens is 5. The molecule has 30 heavy (non-hydrogen) atoms. The lowest BCUT2D eigenvalue weighted by atomic mass is 10.2. The number of nitrogens with zero attached hydrogens (tertiary/aromatic N) is 5. The predicted molar refractivity (Wildman–Crippen MR) is 92.8 cm³/mol. The topological polar surface area (TPSA) is 70.1 Å². The first-order valence-corrected chi connectivity index (χ1v) is 8.84. The Morgan fingerprint density at radius 3 is 2.43 bits per heavy atom. The number of rotatable bonds is 3. The molecule has 4 rings (SSSR count). The molecule has 0 radical (unpaired) electrons. The largest absolute Gasteiger partial charge is 1.00 e. The molecule has 1 unspecified atom stereocenters. The van der Waals surface area contributed by atoms with Gasteiger partial charge in [-0.1, -0.05) is 4.68 Å². The SMILES string of the molecule is Cc1c(N2CCC(n3nc(C(F)(F)F)[nH+]c3C)C2=O)cnn1-c1ccc(F)cc1.[Cl-]. The highest BCUT2D eigenvalue weighted by Crippen LogP contribution is 2.32. The van der Waals surface area contributed by atoms with Crippen LogP contribution in [0.15, 0.2) is 30.5 Å². The first-order valence-electron chi connectivity index (χ1n) is 8.84. The van der Waals surface area contributed by atoms with Gasteiger partial charge >= 0.3 is 12.0 Å². The van der Waals surface area contributed by atoms with Crippen molar-refractivity contribution < 1.29 is 39.7 Å². The highest BCUT2D eigenvalue weighted by atomic mass is 35.5. The maximum Gasteiger partial charge on any atom is 0.485 e. The lowest BCUT2D eigenvalue weighted by Crippen LogP contribution is -3.00. The van der Waals surface area contributed by atoms with Crippen molar-refractivity contribution >= 4 is 11.6 Å². The van der Waals surface area contributed by atoms with E-state index in [2.05, 4.69) is 15.2 Å². The number of nitrogens with one attached hydrogen (secondary N) is 1. The lowest BCUT2D eigenvalue weighted by Gasteiger charge is -2.15. The van der Waals surface area contributed by atoms with Gasteiger partial charge in [-0.2, -0.15) is 18.3 Å². The monoisotopic (exact) mass is 444 g/mol. The summed E-state index contributed by atoms with van der Waals surface area (Å²) in [6.45, 7) is 3.52. The zero-order valence-electron chi connectivity index (χ0n) is 15.9. The highest BCUT2D eigenvalue weighted by molar-refractivity contribution is 5.98. The Kier molecular flexibility index (Phi) is 5.59. The minimum Gasteiger partial charge on any atom is -1.00 e. The Balaban J connectivity index is 0.00000256. The Hall–Kier alpha value is -2.95. The van der Waals surface area contributed by atoms with E-state index in [0.29, 0.717) is 30.0 Å². The summed E-state index contributed by atoms with van der Waals surface area (Å²) in [4.78, 5) is 16.6. The molecule has 1 saturated heterocycles. The van der Waals surface area contributed by atoms with E-state index in [0.717, 1.165) is 4.68 Å². The third-order valence-electron chi connectivity index (χ3n) is 4.94. The molecule has 7 nitrogen and oxygen atoms in total. The molecule has 2 aromatic heterocycles. The summed E-state index contributed by atoms with van der Waals surface area (Å²) in [5, 5.41) is 7.83. The van der Waals surface area contributed by atoms with Crippen LogP contribution in [0.2, 0.25) is 0 Å². The van der Waals surface area contributed by atoms with E-state index in [4.69, 9.17) is 0 Å². The second-order valence-corrected chi connectivity index (χ2v) is 6.80. The number of H-pyrrole nitrogens is 1. The number of aryl methyl sites for hydroxylation is 1. The average Bonchev–Trinajstić information content (AvgIpc) is 3.32. The molecule has 1 atom stereocenters. The summed E-state index contributed by atoms with van der Waals surface area (Å²) in [6.07, 6.45) is -2.79. The lowest BCUT2D eigenvalue weighted by molar-refractivity contribution is -0.434. The Morgan fingerprint density at radius 1 is 1.17 bits per heavy atom. The molecular formula is C18H17ClF4N6O. The van der Waals surface area contributed by atoms with Gasteiger partial charge in [0.1, 0.15) is 5.82 Å². The van der Waals surface area contributed by atoms with Crippen LogP contribution in [-0.4, -0.2) is 32.0 Å². The number of aromatic amines is 1. The zero-order chi connectivity index (χ0) is 20.9. The van der Waals surface area contributed by atoms with Gasteiger partial charge in [0.05, 0.1) is 28.4 Å². The summed E-state index contributed by atoms with van der Waals surface area (Å²) in [6, 6.07) is 4.91. The number of hydrogen-bond acceptors (Lipinski definition) is 3. The minimum atomic E-state index is -4.62. The first kappa shape index (κ1) is 21.8. The maximum absolute atomic E-state index is 13.2. The molecule has 0 saturated carbocycles. The van der Waals surface area contributed by atoms with Crippen molar-refractivity contribution in [2.45, 2.75) is 32.5 Å². The summed E-state index contributed by atoms with van der Waals surface area (Å²) in [5.74, 6) is -1.72. The second-order valence-electron chi connectivity index (χ2n) is 6.80. The van der Waals surface area contributed by atoms with Crippen molar-refractivity contribution in [3.8, 4) is 5.69 Å². The van der Waals surface area contributed by atoms with Gasteiger partial charge in [0.25, 0.3) is 5.91 Å². The van der Waals surface area contributed by atoms with Gasteiger partial charge < -0.3 is 17.3 Å². The summed E-state index contributed by atoms with van der Waals surface area (Å²) in [5.41, 5.74) is 1.84. The van der Waals surface area contributed by atoms with E-state index in [1.54, 1.807) is 23.7 Å². The third-order valence-corrected chi connectivity index (χ3v) is 4.94. The fourth-order valence-electron chi connectivity index (χ4n) is 3.51. The van der Waals surface area contributed by atoms with Crippen molar-refractivity contribution in [3.05, 3.63) is 53.6 Å². The molecule has 0 spiro atoms. The molecule has 1 fully saturated rings. The van der Waals surface area contributed by atoms with E-state index in [-0.39, 0.29) is 30.0 Å². The Bertz CT molecular complexity index is 1080. The standard InChI is InChI=1S/C18H16F4N6O.ClH/c1-10-15(9-23-27(10)13-5-3-12(19)4-6-13)26-8-7-14(16(26)29)28-11(2)24-17(25-28)18(20,21)22;/h3-6,9,14H,7-8H2,1-2H3;1H. The molecule has 0 bridgehead atoms. The predicted octanol–water partition coefficient (Wildman–Crippen LogP) is -0.360. The minimum absolute atomic E-state index is 0. The van der Waals surface area contributed by atoms with Crippen LogP contribution in [0.25, 0.3) is 5.69 Å². The van der Waals surface area contributed by atoms with Crippen LogP contribution in [0.5, 0.6) is 0 Å². The van der Waals surface area contributed by atoms with E-state index >= 15 is 0 Å². The van der Waals surface area contributed by atoms with Crippen molar-refractivity contribution in [1.29, 1.82) is 0 Å². The van der Waals surface area contributed by atoms with Crippen LogP contribution in [0, 0.1) is 19.7 Å². The molecular weight excluding hydrogens is 428 g/mol. The van der Waals surface area contributed by atoms with Crippen LogP contribution in [0.4, 0.5) is 23.2 Å². The van der Waals surface area contributed by atoms with E-state index in [1.165, 1.54) is 30.2 Å². The quantitative estimate of drug-likeness (QED) is 0.518. The van der Waals surface area contributed by atoms with Gasteiger partial charge in [-0.25, -0.2) is 14.1 Å². The number of anilines is 1. The Morgan fingerprint density at radius 2 is 1.83 bits per heavy atom. The van der Waals surface area contributed by atoms with E-state index < -0.39 is 18.0 Å². The van der Waals surface area contributed by atoms with Crippen LogP contribution in [0.3, 0.4) is 0 Å². The fraction of sp³-hybridized carbons (Fsp3) is 0.333. The number of carbonyl (C=O) groups is 1. The van der Waals surface area contributed by atoms with Crippen molar-refractivity contribution in [1.82, 2.24) is 19.6 Å². The summed E-state index contributed by atoms with van der Waals surface area (Å²) < 4.78 is 54.6. The van der Waals surface area contributed by atoms with Gasteiger partial charge in [0.15, 0.2) is 6.04 Å². The van der Waals surface area contributed by atoms with Crippen molar-refractivity contribution in [2.75, 3.05) is 11.4 Å². The fourth-order valence-corrected chi connectivity index (χ4v) is 3.51. The van der Waals surface area contributed by atoms with Gasteiger partial charge in [0, 0.05) is 19.9 Å². The molecule has 1 N–H and O–H groups in total. The second kappa shape index (κ2) is 7.71. The summed E-state index contributed by atoms with van der Waals surface area (Å²) >= 11 is 0. The number of amides is 1. The van der Waals surface area contributed by atoms with Crippen LogP contribution in [0.1, 0.15) is 29.8 Å². The zero-order valence-corrected chi connectivity index (χ0v) is 16.7. The molecule has 1 aliphatic heterocycles. The number of hydrogen-bond donors (Lipinski definition) is 0. The highest BCUT2D eigenvalue weighted by Gasteiger charge is 2.46. The average molecular weight is 445 g/mol. The number of benzene rings is 1. The molecule has 3 aromatic rings. The summed E-state index contributed by atoms with van der Waals surface area (Å²) in [7, 11) is 0. The van der Waals surface area contributed by atoms with E-state index in [1.807, 2.05) is 0 Å². The van der Waals surface area contributed by atoms with Crippen LogP contribution in [-0.2, 0) is 11.0 Å². The molecule has 1 aliphatic rings. The first-order chi connectivity index (χ1) is 13.7. The molecule has 1 aromatic carbocycles. The number of carbonyl (C=O) groups excluding carboxylic acids is 1. The number of halogens is 5. The van der Waals surface area contributed by atoms with Gasteiger partial charge in [-0.15, -0.1) is 0 Å². The van der Waals surface area contributed by atoms with Crippen LogP contribution < -0.4 is 22.3 Å². The third kappa shape index (κ3) is 3.64. The van der Waals surface area contributed by atoms with Crippen LogP contribution >= 0.6 is 0 Å². The molecule has 1 amide bonds. The Labute approximate surface area is 174 Å². The number of alkyl halides is 3. The maximum atomic E-state index is 13.2. The van der Waals surface area contributed by atoms with Crippen molar-refractivity contribution in [3.63, 3.8) is 0 Å². The molecule has 0 aliphatic carbocycles.